The summed E-state index contributed by atoms with van der Waals surface area (Å²) < 4.78 is 5.42. The van der Waals surface area contributed by atoms with E-state index in [4.69, 9.17) is 16.3 Å². The fraction of sp³-hybridized carbons (Fsp3) is 0.375. The van der Waals surface area contributed by atoms with Crippen LogP contribution in [0.4, 0.5) is 4.79 Å². The van der Waals surface area contributed by atoms with Crippen LogP contribution in [0.25, 0.3) is 10.9 Å². The monoisotopic (exact) mass is 377 g/mol. The number of rotatable bonds is 3. The highest BCUT2D eigenvalue weighted by molar-refractivity contribution is 6.30. The molecule has 3 N–H and O–H groups in total. The maximum Gasteiger partial charge on any atom is 0.326 e. The van der Waals surface area contributed by atoms with Gasteiger partial charge in [-0.05, 0) is 18.6 Å². The number of aromatic amines is 1. The van der Waals surface area contributed by atoms with Crippen molar-refractivity contribution in [1.29, 1.82) is 0 Å². The van der Waals surface area contributed by atoms with Crippen molar-refractivity contribution in [3.63, 3.8) is 0 Å². The summed E-state index contributed by atoms with van der Waals surface area (Å²) in [6.07, 6.45) is 2.85. The highest BCUT2D eigenvalue weighted by Crippen LogP contribution is 2.33. The second-order valence-corrected chi connectivity index (χ2v) is 6.61. The van der Waals surface area contributed by atoms with Gasteiger partial charge >= 0.3 is 6.03 Å². The Balaban J connectivity index is 1.30. The number of ether oxygens (including phenoxy) is 1. The van der Waals surface area contributed by atoms with Crippen molar-refractivity contribution in [2.75, 3.05) is 13.2 Å². The first-order valence-corrected chi connectivity index (χ1v) is 8.55. The van der Waals surface area contributed by atoms with E-state index in [0.717, 1.165) is 18.2 Å². The molecule has 2 saturated heterocycles. The number of urea groups is 1. The predicted molar refractivity (Wildman–Crippen MR) is 91.6 cm³/mol. The van der Waals surface area contributed by atoms with Crippen molar-refractivity contribution >= 4 is 40.3 Å². The lowest BCUT2D eigenvalue weighted by atomic mass is 9.95. The molecule has 2 bridgehead atoms. The van der Waals surface area contributed by atoms with Crippen LogP contribution in [-0.2, 0) is 9.53 Å². The van der Waals surface area contributed by atoms with Crippen molar-refractivity contribution in [2.45, 2.75) is 25.1 Å². The Morgan fingerprint density at radius 1 is 1.38 bits per heavy atom. The van der Waals surface area contributed by atoms with Crippen LogP contribution in [0.3, 0.4) is 0 Å². The van der Waals surface area contributed by atoms with E-state index < -0.39 is 17.8 Å². The molecule has 4 amide bonds. The minimum absolute atomic E-state index is 0.128. The SMILES string of the molecule is O=C(CNC(=O)c1cc2cc(Cl)ncc2[nH]1)NC(=O)N1C2CCOC1C2. The van der Waals surface area contributed by atoms with Crippen molar-refractivity contribution in [3.8, 4) is 0 Å². The van der Waals surface area contributed by atoms with Gasteiger partial charge in [0.15, 0.2) is 0 Å². The highest BCUT2D eigenvalue weighted by Gasteiger charge is 2.45. The zero-order chi connectivity index (χ0) is 18.3. The summed E-state index contributed by atoms with van der Waals surface area (Å²) in [5.41, 5.74) is 0.928. The number of fused-ring (bicyclic) bond motifs is 3. The molecule has 4 heterocycles. The molecule has 2 aliphatic heterocycles. The van der Waals surface area contributed by atoms with E-state index in [1.807, 2.05) is 0 Å². The zero-order valence-corrected chi connectivity index (χ0v) is 14.4. The Hall–Kier alpha value is -2.65. The molecular formula is C16H16ClN5O4. The van der Waals surface area contributed by atoms with E-state index >= 15 is 0 Å². The first-order valence-electron chi connectivity index (χ1n) is 8.17. The van der Waals surface area contributed by atoms with E-state index in [0.29, 0.717) is 17.3 Å². The minimum Gasteiger partial charge on any atom is -0.358 e. The third-order valence-electron chi connectivity index (χ3n) is 4.55. The molecule has 0 radical (unpaired) electrons. The molecule has 2 aliphatic rings. The number of aromatic nitrogens is 2. The van der Waals surface area contributed by atoms with Gasteiger partial charge in [0.05, 0.1) is 24.9 Å². The van der Waals surface area contributed by atoms with E-state index in [9.17, 15) is 14.4 Å². The number of halogens is 1. The minimum atomic E-state index is -0.589. The summed E-state index contributed by atoms with van der Waals surface area (Å²) in [6, 6.07) is 2.88. The van der Waals surface area contributed by atoms with Crippen molar-refractivity contribution in [3.05, 3.63) is 29.2 Å². The van der Waals surface area contributed by atoms with Crippen molar-refractivity contribution in [2.24, 2.45) is 0 Å². The van der Waals surface area contributed by atoms with Crippen LogP contribution in [-0.4, -0.2) is 58.1 Å². The number of imide groups is 1. The summed E-state index contributed by atoms with van der Waals surface area (Å²) in [6.45, 7) is 0.317. The molecule has 2 fully saturated rings. The summed E-state index contributed by atoms with van der Waals surface area (Å²) in [5, 5.41) is 5.79. The van der Waals surface area contributed by atoms with Gasteiger partial charge in [0.25, 0.3) is 5.91 Å². The molecule has 2 aromatic rings. The Kier molecular flexibility index (Phi) is 4.25. The number of carbonyl (C=O) groups is 3. The fourth-order valence-electron chi connectivity index (χ4n) is 3.21. The average molecular weight is 378 g/mol. The summed E-state index contributed by atoms with van der Waals surface area (Å²) in [4.78, 5) is 44.5. The number of amides is 4. The molecule has 10 heteroatoms. The van der Waals surface area contributed by atoms with Crippen LogP contribution in [0, 0.1) is 0 Å². The van der Waals surface area contributed by atoms with E-state index in [1.54, 1.807) is 12.1 Å². The quantitative estimate of drug-likeness (QED) is 0.690. The Morgan fingerprint density at radius 2 is 2.23 bits per heavy atom. The molecule has 0 aromatic carbocycles. The molecule has 9 nitrogen and oxygen atoms in total. The van der Waals surface area contributed by atoms with E-state index in [2.05, 4.69) is 20.6 Å². The van der Waals surface area contributed by atoms with Gasteiger partial charge in [0.2, 0.25) is 5.91 Å². The predicted octanol–water partition coefficient (Wildman–Crippen LogP) is 1.00. The number of hydrogen-bond donors (Lipinski definition) is 3. The Bertz CT molecular complexity index is 884. The topological polar surface area (TPSA) is 116 Å². The van der Waals surface area contributed by atoms with Gasteiger partial charge in [-0.2, -0.15) is 0 Å². The normalized spacial score (nSPS) is 21.2. The van der Waals surface area contributed by atoms with Crippen LogP contribution in [0.2, 0.25) is 5.15 Å². The lowest BCUT2D eigenvalue weighted by Crippen LogP contribution is -2.66. The number of hydrogen-bond acceptors (Lipinski definition) is 5. The first kappa shape index (κ1) is 16.8. The van der Waals surface area contributed by atoms with E-state index in [-0.39, 0.29) is 24.5 Å². The summed E-state index contributed by atoms with van der Waals surface area (Å²) >= 11 is 5.81. The lowest BCUT2D eigenvalue weighted by molar-refractivity contribution is -0.176. The van der Waals surface area contributed by atoms with Gasteiger partial charge in [-0.15, -0.1) is 0 Å². The lowest BCUT2D eigenvalue weighted by Gasteiger charge is -2.51. The summed E-state index contributed by atoms with van der Waals surface area (Å²) in [5.74, 6) is -1.06. The zero-order valence-electron chi connectivity index (χ0n) is 13.6. The number of H-pyrrole nitrogens is 1. The molecule has 0 saturated carbocycles. The highest BCUT2D eigenvalue weighted by atomic mass is 35.5. The van der Waals surface area contributed by atoms with Gasteiger partial charge in [-0.3, -0.25) is 19.8 Å². The molecule has 2 atom stereocenters. The third-order valence-corrected chi connectivity index (χ3v) is 4.75. The van der Waals surface area contributed by atoms with Gasteiger partial charge < -0.3 is 15.0 Å². The number of carbonyl (C=O) groups excluding carboxylic acids is 3. The molecular weight excluding hydrogens is 362 g/mol. The molecule has 26 heavy (non-hydrogen) atoms. The van der Waals surface area contributed by atoms with Gasteiger partial charge in [-0.1, -0.05) is 11.6 Å². The standard InChI is InChI=1S/C16H16ClN5O4/c17-12-4-8-3-10(20-11(8)6-18-12)15(24)19-7-13(23)21-16(25)22-9-1-2-26-14(22)5-9/h3-4,6,9,14,20H,1-2,5,7H2,(H,19,24)(H,21,23,25). The van der Waals surface area contributed by atoms with Gasteiger partial charge in [0.1, 0.15) is 17.1 Å². The molecule has 136 valence electrons. The van der Waals surface area contributed by atoms with Crippen LogP contribution in [0.1, 0.15) is 23.3 Å². The number of pyridine rings is 1. The third kappa shape index (κ3) is 3.11. The van der Waals surface area contributed by atoms with Crippen LogP contribution < -0.4 is 10.6 Å². The van der Waals surface area contributed by atoms with E-state index in [1.165, 1.54) is 11.1 Å². The second-order valence-electron chi connectivity index (χ2n) is 6.22. The smallest absolute Gasteiger partial charge is 0.326 e. The van der Waals surface area contributed by atoms with Crippen molar-refractivity contribution < 1.29 is 19.1 Å². The molecule has 0 spiro atoms. The second kappa shape index (κ2) is 6.58. The Morgan fingerprint density at radius 3 is 2.96 bits per heavy atom. The van der Waals surface area contributed by atoms with Crippen molar-refractivity contribution in [1.82, 2.24) is 25.5 Å². The maximum atomic E-state index is 12.2. The van der Waals surface area contributed by atoms with Crippen LogP contribution in [0.5, 0.6) is 0 Å². The number of nitrogens with zero attached hydrogens (tertiary/aromatic N) is 2. The first-order chi connectivity index (χ1) is 12.5. The molecule has 2 unspecified atom stereocenters. The largest absolute Gasteiger partial charge is 0.358 e. The maximum absolute atomic E-state index is 12.2. The summed E-state index contributed by atoms with van der Waals surface area (Å²) in [7, 11) is 0. The van der Waals surface area contributed by atoms with Gasteiger partial charge in [-0.25, -0.2) is 9.78 Å². The molecule has 2 aromatic heterocycles. The average Bonchev–Trinajstić information content (AvgIpc) is 3.03. The fourth-order valence-corrected chi connectivity index (χ4v) is 3.38. The Labute approximate surface area is 153 Å². The van der Waals surface area contributed by atoms with Gasteiger partial charge in [0, 0.05) is 17.8 Å². The molecule has 4 rings (SSSR count). The molecule has 0 aliphatic carbocycles. The van der Waals surface area contributed by atoms with Crippen LogP contribution in [0.15, 0.2) is 18.3 Å². The number of nitrogens with one attached hydrogen (secondary N) is 3. The van der Waals surface area contributed by atoms with Crippen LogP contribution >= 0.6 is 11.6 Å².